The van der Waals surface area contributed by atoms with E-state index in [1.54, 1.807) is 13.0 Å². The highest BCUT2D eigenvalue weighted by molar-refractivity contribution is 5.99. The zero-order valence-corrected chi connectivity index (χ0v) is 10.7. The molecule has 0 aromatic heterocycles. The Hall–Kier alpha value is -1.51. The number of phenols is 2. The summed E-state index contributed by atoms with van der Waals surface area (Å²) in [6.07, 6.45) is 2.72. The molecular formula is C14H20O3. The molecule has 3 heteroatoms. The normalized spacial score (nSPS) is 10.5. The van der Waals surface area contributed by atoms with Gasteiger partial charge in [0.1, 0.15) is 11.5 Å². The topological polar surface area (TPSA) is 57.5 Å². The largest absolute Gasteiger partial charge is 0.507 e. The fourth-order valence-corrected chi connectivity index (χ4v) is 1.89. The van der Waals surface area contributed by atoms with Gasteiger partial charge < -0.3 is 10.2 Å². The minimum atomic E-state index is -0.0586. The highest BCUT2D eigenvalue weighted by Crippen LogP contribution is 2.34. The van der Waals surface area contributed by atoms with Crippen molar-refractivity contribution in [2.45, 2.75) is 46.5 Å². The summed E-state index contributed by atoms with van der Waals surface area (Å²) in [5, 5.41) is 19.8. The second-order valence-corrected chi connectivity index (χ2v) is 4.30. The van der Waals surface area contributed by atoms with Gasteiger partial charge in [0.25, 0.3) is 0 Å². The van der Waals surface area contributed by atoms with Crippen LogP contribution in [0.5, 0.6) is 11.5 Å². The van der Waals surface area contributed by atoms with Crippen molar-refractivity contribution in [2.24, 2.45) is 0 Å². The molecule has 0 spiro atoms. The van der Waals surface area contributed by atoms with Crippen LogP contribution < -0.4 is 0 Å². The van der Waals surface area contributed by atoms with Gasteiger partial charge in [0, 0.05) is 12.0 Å². The summed E-state index contributed by atoms with van der Waals surface area (Å²) in [7, 11) is 0. The molecular weight excluding hydrogens is 216 g/mol. The van der Waals surface area contributed by atoms with Crippen LogP contribution in [0, 0.1) is 6.92 Å². The molecule has 0 aliphatic carbocycles. The van der Waals surface area contributed by atoms with E-state index < -0.39 is 0 Å². The van der Waals surface area contributed by atoms with Crippen molar-refractivity contribution in [1.29, 1.82) is 0 Å². The molecule has 3 nitrogen and oxygen atoms in total. The van der Waals surface area contributed by atoms with Gasteiger partial charge in [-0.1, -0.05) is 20.3 Å². The number of phenolic OH excluding ortho intramolecular Hbond substituents is 2. The SMILES string of the molecule is CCCCC(=O)c1cc(C)c(O)c(CC)c1O. The van der Waals surface area contributed by atoms with Crippen molar-refractivity contribution >= 4 is 5.78 Å². The predicted octanol–water partition coefficient (Wildman–Crippen LogP) is 3.34. The quantitative estimate of drug-likeness (QED) is 0.771. The lowest BCUT2D eigenvalue weighted by molar-refractivity contribution is 0.0977. The van der Waals surface area contributed by atoms with Crippen molar-refractivity contribution in [3.63, 3.8) is 0 Å². The summed E-state index contributed by atoms with van der Waals surface area (Å²) >= 11 is 0. The van der Waals surface area contributed by atoms with Crippen LogP contribution in [0.15, 0.2) is 6.07 Å². The number of aromatic hydroxyl groups is 2. The first-order valence-electron chi connectivity index (χ1n) is 6.10. The standard InChI is InChI=1S/C14H20O3/c1-4-6-7-12(15)11-8-9(3)13(16)10(5-2)14(11)17/h8,16-17H,4-7H2,1-3H3. The van der Waals surface area contributed by atoms with E-state index in [1.165, 1.54) is 0 Å². The third kappa shape index (κ3) is 2.78. The fraction of sp³-hybridized carbons (Fsp3) is 0.500. The Balaban J connectivity index is 3.17. The van der Waals surface area contributed by atoms with Gasteiger partial charge in [-0.2, -0.15) is 0 Å². The van der Waals surface area contributed by atoms with Crippen LogP contribution in [0.2, 0.25) is 0 Å². The third-order valence-electron chi connectivity index (χ3n) is 2.97. The highest BCUT2D eigenvalue weighted by Gasteiger charge is 2.18. The Bertz CT molecular complexity index is 422. The van der Waals surface area contributed by atoms with Gasteiger partial charge in [0.2, 0.25) is 0 Å². The van der Waals surface area contributed by atoms with E-state index in [0.29, 0.717) is 29.5 Å². The molecule has 1 aromatic rings. The van der Waals surface area contributed by atoms with E-state index in [4.69, 9.17) is 0 Å². The Morgan fingerprint density at radius 3 is 2.41 bits per heavy atom. The van der Waals surface area contributed by atoms with Crippen LogP contribution in [-0.4, -0.2) is 16.0 Å². The summed E-state index contributed by atoms with van der Waals surface area (Å²) in [5.74, 6) is -0.0177. The molecule has 1 aromatic carbocycles. The monoisotopic (exact) mass is 236 g/mol. The number of ketones is 1. The highest BCUT2D eigenvalue weighted by atomic mass is 16.3. The first kappa shape index (κ1) is 13.6. The molecule has 0 saturated carbocycles. The van der Waals surface area contributed by atoms with Crippen molar-refractivity contribution < 1.29 is 15.0 Å². The molecule has 0 saturated heterocycles. The Labute approximate surface area is 102 Å². The first-order valence-corrected chi connectivity index (χ1v) is 6.10. The minimum absolute atomic E-state index is 0.0536. The lowest BCUT2D eigenvalue weighted by Gasteiger charge is -2.12. The van der Waals surface area contributed by atoms with E-state index in [2.05, 4.69) is 0 Å². The van der Waals surface area contributed by atoms with E-state index in [0.717, 1.165) is 12.8 Å². The smallest absolute Gasteiger partial charge is 0.166 e. The van der Waals surface area contributed by atoms with Gasteiger partial charge in [-0.3, -0.25) is 4.79 Å². The number of benzene rings is 1. The summed E-state index contributed by atoms with van der Waals surface area (Å²) < 4.78 is 0. The number of rotatable bonds is 5. The molecule has 0 unspecified atom stereocenters. The van der Waals surface area contributed by atoms with E-state index in [1.807, 2.05) is 13.8 Å². The van der Waals surface area contributed by atoms with Crippen LogP contribution >= 0.6 is 0 Å². The third-order valence-corrected chi connectivity index (χ3v) is 2.97. The molecule has 0 aliphatic heterocycles. The molecule has 0 aliphatic rings. The fourth-order valence-electron chi connectivity index (χ4n) is 1.89. The zero-order chi connectivity index (χ0) is 13.0. The van der Waals surface area contributed by atoms with Crippen molar-refractivity contribution in [1.82, 2.24) is 0 Å². The molecule has 1 rings (SSSR count). The molecule has 94 valence electrons. The van der Waals surface area contributed by atoms with Crippen LogP contribution in [0.4, 0.5) is 0 Å². The Morgan fingerprint density at radius 1 is 1.24 bits per heavy atom. The Morgan fingerprint density at radius 2 is 1.88 bits per heavy atom. The van der Waals surface area contributed by atoms with Gasteiger partial charge in [0.15, 0.2) is 5.78 Å². The summed E-state index contributed by atoms with van der Waals surface area (Å²) in [4.78, 5) is 11.9. The van der Waals surface area contributed by atoms with Crippen molar-refractivity contribution in [2.75, 3.05) is 0 Å². The molecule has 0 radical (unpaired) electrons. The number of hydrogen-bond acceptors (Lipinski definition) is 3. The van der Waals surface area contributed by atoms with Crippen molar-refractivity contribution in [3.05, 3.63) is 22.8 Å². The minimum Gasteiger partial charge on any atom is -0.507 e. The number of carbonyl (C=O) groups is 1. The zero-order valence-electron chi connectivity index (χ0n) is 10.7. The van der Waals surface area contributed by atoms with Gasteiger partial charge >= 0.3 is 0 Å². The molecule has 0 heterocycles. The average Bonchev–Trinajstić information content (AvgIpc) is 2.31. The summed E-state index contributed by atoms with van der Waals surface area (Å²) in [6.45, 7) is 5.60. The second-order valence-electron chi connectivity index (χ2n) is 4.30. The number of unbranched alkanes of at least 4 members (excludes halogenated alkanes) is 1. The number of aryl methyl sites for hydroxylation is 1. The number of hydrogen-bond donors (Lipinski definition) is 2. The molecule has 17 heavy (non-hydrogen) atoms. The predicted molar refractivity (Wildman–Crippen MR) is 67.7 cm³/mol. The van der Waals surface area contributed by atoms with Gasteiger partial charge in [0.05, 0.1) is 5.56 Å². The molecule has 0 amide bonds. The Kier molecular flexibility index (Phi) is 4.55. The van der Waals surface area contributed by atoms with E-state index >= 15 is 0 Å². The van der Waals surface area contributed by atoms with E-state index in [9.17, 15) is 15.0 Å². The average molecular weight is 236 g/mol. The maximum absolute atomic E-state index is 11.9. The number of Topliss-reactive ketones (excluding diaryl/α,β-unsaturated/α-hetero) is 1. The maximum Gasteiger partial charge on any atom is 0.166 e. The summed E-state index contributed by atoms with van der Waals surface area (Å²) in [5.41, 5.74) is 1.44. The molecule has 0 atom stereocenters. The lowest BCUT2D eigenvalue weighted by Crippen LogP contribution is -2.02. The summed E-state index contributed by atoms with van der Waals surface area (Å²) in [6, 6.07) is 1.57. The van der Waals surface area contributed by atoms with Crippen molar-refractivity contribution in [3.8, 4) is 11.5 Å². The van der Waals surface area contributed by atoms with Crippen LogP contribution in [0.25, 0.3) is 0 Å². The van der Waals surface area contributed by atoms with Crippen LogP contribution in [0.1, 0.15) is 54.6 Å². The van der Waals surface area contributed by atoms with Crippen LogP contribution in [0.3, 0.4) is 0 Å². The molecule has 0 fully saturated rings. The van der Waals surface area contributed by atoms with Crippen LogP contribution in [-0.2, 0) is 6.42 Å². The second kappa shape index (κ2) is 5.71. The lowest BCUT2D eigenvalue weighted by atomic mass is 9.96. The van der Waals surface area contributed by atoms with E-state index in [-0.39, 0.29) is 17.3 Å². The maximum atomic E-state index is 11.9. The van der Waals surface area contributed by atoms with Gasteiger partial charge in [-0.25, -0.2) is 0 Å². The molecule has 2 N–H and O–H groups in total. The molecule has 0 bridgehead atoms. The number of carbonyl (C=O) groups excluding carboxylic acids is 1. The first-order chi connectivity index (χ1) is 8.02. The van der Waals surface area contributed by atoms with Gasteiger partial charge in [-0.15, -0.1) is 0 Å². The van der Waals surface area contributed by atoms with Gasteiger partial charge in [-0.05, 0) is 31.4 Å².